The molecule has 0 spiro atoms. The van der Waals surface area contributed by atoms with Gasteiger partial charge < -0.3 is 20.0 Å². The van der Waals surface area contributed by atoms with E-state index in [1.54, 1.807) is 0 Å². The summed E-state index contributed by atoms with van der Waals surface area (Å²) in [5.74, 6) is 31.2. The second-order valence-corrected chi connectivity index (χ2v) is 36.4. The Morgan fingerprint density at radius 2 is 0.510 bits per heavy atom. The zero-order valence-corrected chi connectivity index (χ0v) is 84.9. The summed E-state index contributed by atoms with van der Waals surface area (Å²) in [4.78, 5) is 51.7. The fourth-order valence-corrected chi connectivity index (χ4v) is 18.9. The average molecular weight is 1900 g/mol. The monoisotopic (exact) mass is 1900 g/mol. The number of aryl methyl sites for hydroxylation is 4. The van der Waals surface area contributed by atoms with E-state index in [1.165, 1.54) is 125 Å². The van der Waals surface area contributed by atoms with Gasteiger partial charge in [-0.15, -0.1) is 0 Å². The van der Waals surface area contributed by atoms with Gasteiger partial charge in [0, 0.05) is 102 Å². The second-order valence-electron chi connectivity index (χ2n) is 36.4. The van der Waals surface area contributed by atoms with Gasteiger partial charge in [0.05, 0.1) is 56.3 Å². The molecule has 0 atom stereocenters. The van der Waals surface area contributed by atoms with E-state index in [4.69, 9.17) is 29.9 Å². The second kappa shape index (κ2) is 48.2. The molecule has 8 heterocycles. The average Bonchev–Trinajstić information content (AvgIpc) is 1.60. The molecule has 0 N–H and O–H groups in total. The van der Waals surface area contributed by atoms with E-state index in [-0.39, 0.29) is 19.5 Å². The van der Waals surface area contributed by atoms with Crippen LogP contribution in [0.5, 0.6) is 0 Å². The number of hydrogen-bond acceptors (Lipinski definition) is 6. The van der Waals surface area contributed by atoms with Crippen LogP contribution in [-0.2, 0) is 45.2 Å². The van der Waals surface area contributed by atoms with Gasteiger partial charge in [-0.25, -0.2) is 0 Å². The molecule has 692 valence electrons. The minimum atomic E-state index is 0. The predicted molar refractivity (Wildman–Crippen MR) is 592 cm³/mol. The molecule has 20 rings (SSSR count). The number of pyridine rings is 4. The van der Waals surface area contributed by atoms with Gasteiger partial charge in [0.25, 0.3) is 0 Å². The summed E-state index contributed by atoms with van der Waals surface area (Å²) in [5.41, 5.74) is 30.0. The van der Waals surface area contributed by atoms with Gasteiger partial charge >= 0.3 is 19.5 Å². The molecule has 0 bridgehead atoms. The number of unbranched alkanes of at least 4 members (excludes halogenated alkanes) is 12. The molecular formula is C132H112N10Zn. The van der Waals surface area contributed by atoms with Crippen LogP contribution >= 0.6 is 0 Å². The molecule has 18 aromatic rings. The van der Waals surface area contributed by atoms with Gasteiger partial charge in [0.15, 0.2) is 0 Å². The number of hydrogen-bond donors (Lipinski definition) is 0. The smallest absolute Gasteiger partial charge is 0.434 e. The van der Waals surface area contributed by atoms with E-state index >= 15 is 0 Å². The van der Waals surface area contributed by atoms with Gasteiger partial charge in [0.2, 0.25) is 0 Å². The maximum absolute atomic E-state index is 5.59. The third-order valence-corrected chi connectivity index (χ3v) is 26.4. The fraction of sp³-hybridized carbons (Fsp3) is 0.182. The van der Waals surface area contributed by atoms with Crippen molar-refractivity contribution < 1.29 is 19.5 Å². The van der Waals surface area contributed by atoms with Crippen molar-refractivity contribution in [2.24, 2.45) is 20.0 Å². The molecule has 0 amide bonds. The maximum Gasteiger partial charge on any atom is 2.00 e. The van der Waals surface area contributed by atoms with Crippen LogP contribution in [0.25, 0.3) is 99.5 Å². The van der Waals surface area contributed by atoms with Gasteiger partial charge in [-0.3, -0.25) is 29.9 Å². The standard InChI is InChI=1S/2C66H56N5.Zn/c2*1-3-5-7-11-21-47-33-37-53(38-34-47)63-57(43-41-49-27-17-31-59-55(49)29-19-45-67-59)61(51-23-13-9-14-24-51)65(69-63)71-66-62(52-25-15-10-16-26-52)58(44-42-50-28-18-32-60-56(50)30-20-46-68-60)64(70-66)54-39-35-48(36-40-54)22-12-8-6-4-2;/h2*9-10,13-20,23-40,45-46H,3-8,11-12,21-22H2,1-2H3;/q2*-1;+2/b2*71-65-;. The van der Waals surface area contributed by atoms with E-state index in [2.05, 4.69) is 338 Å². The molecule has 2 aliphatic rings. The topological polar surface area (TPSA) is 129 Å². The Labute approximate surface area is 854 Å². The Morgan fingerprint density at radius 3 is 0.797 bits per heavy atom. The van der Waals surface area contributed by atoms with E-state index in [9.17, 15) is 0 Å². The number of amidine groups is 2. The van der Waals surface area contributed by atoms with Crippen LogP contribution in [0, 0.1) is 47.4 Å². The van der Waals surface area contributed by atoms with Crippen molar-refractivity contribution in [1.29, 1.82) is 0 Å². The zero-order valence-electron chi connectivity index (χ0n) is 82.0. The first-order chi connectivity index (χ1) is 70.3. The minimum Gasteiger partial charge on any atom is -0.434 e. The van der Waals surface area contributed by atoms with Crippen LogP contribution < -0.4 is 9.97 Å². The summed E-state index contributed by atoms with van der Waals surface area (Å²) in [6.07, 6.45) is 31.0. The molecule has 0 aliphatic carbocycles. The predicted octanol–water partition coefficient (Wildman–Crippen LogP) is 31.5. The van der Waals surface area contributed by atoms with Crippen LogP contribution in [0.2, 0.25) is 0 Å². The third kappa shape index (κ3) is 23.3. The largest absolute Gasteiger partial charge is 2.00 e. The normalized spacial score (nSPS) is 12.7. The molecular weight excluding hydrogens is 1790 g/mol. The molecule has 6 aromatic heterocycles. The Kier molecular flexibility index (Phi) is 32.7. The van der Waals surface area contributed by atoms with Crippen LogP contribution in [-0.4, -0.2) is 43.0 Å². The molecule has 0 fully saturated rings. The van der Waals surface area contributed by atoms with Crippen LogP contribution in [0.1, 0.15) is 208 Å². The van der Waals surface area contributed by atoms with Crippen molar-refractivity contribution in [2.75, 3.05) is 0 Å². The summed E-state index contributed by atoms with van der Waals surface area (Å²) in [5, 5.41) is 4.00. The first kappa shape index (κ1) is 97.1. The summed E-state index contributed by atoms with van der Waals surface area (Å²) >= 11 is 0. The third-order valence-electron chi connectivity index (χ3n) is 26.4. The van der Waals surface area contributed by atoms with Crippen molar-refractivity contribution in [3.63, 3.8) is 0 Å². The van der Waals surface area contributed by atoms with Crippen LogP contribution in [0.4, 0.5) is 11.6 Å². The van der Waals surface area contributed by atoms with E-state index in [1.807, 2.05) is 122 Å². The van der Waals surface area contributed by atoms with Crippen LogP contribution in [0.3, 0.4) is 0 Å². The van der Waals surface area contributed by atoms with E-state index < -0.39 is 0 Å². The Bertz CT molecular complexity index is 7540. The molecule has 10 nitrogen and oxygen atoms in total. The maximum atomic E-state index is 5.59. The zero-order chi connectivity index (χ0) is 96.4. The van der Waals surface area contributed by atoms with Crippen molar-refractivity contribution in [3.8, 4) is 92.1 Å². The van der Waals surface area contributed by atoms with Crippen molar-refractivity contribution in [2.45, 2.75) is 156 Å². The van der Waals surface area contributed by atoms with Crippen molar-refractivity contribution in [1.82, 2.24) is 29.9 Å². The number of benzene rings is 12. The molecule has 12 aromatic carbocycles. The number of nitrogens with zero attached hydrogens (tertiary/aromatic N) is 10. The number of allylic oxidation sites excluding steroid dienone is 2. The van der Waals surface area contributed by atoms with Crippen LogP contribution in [0.15, 0.2) is 396 Å². The summed E-state index contributed by atoms with van der Waals surface area (Å²) in [6.45, 7) is 9.02. The number of fused-ring (bicyclic) bond motifs is 4. The molecule has 2 aliphatic heterocycles. The molecule has 0 radical (unpaired) electrons. The van der Waals surface area contributed by atoms with Crippen molar-refractivity contribution in [3.05, 3.63) is 454 Å². The van der Waals surface area contributed by atoms with Gasteiger partial charge in [-0.1, -0.05) is 419 Å². The molecule has 0 saturated carbocycles. The number of aliphatic imine (C=N–C) groups is 4. The summed E-state index contributed by atoms with van der Waals surface area (Å²) in [7, 11) is 0. The molecule has 11 heteroatoms. The van der Waals surface area contributed by atoms with Gasteiger partial charge in [-0.2, -0.15) is 0 Å². The summed E-state index contributed by atoms with van der Waals surface area (Å²) < 4.78 is 0. The molecule has 0 unspecified atom stereocenters. The molecule has 143 heavy (non-hydrogen) atoms. The first-order valence-corrected chi connectivity index (χ1v) is 50.6. The van der Waals surface area contributed by atoms with Crippen molar-refractivity contribution >= 4 is 89.5 Å². The number of rotatable bonds is 30. The quantitative estimate of drug-likeness (QED) is 0.0250. The fourth-order valence-electron chi connectivity index (χ4n) is 18.9. The van der Waals surface area contributed by atoms with Gasteiger partial charge in [-0.05, 0) is 214 Å². The van der Waals surface area contributed by atoms with E-state index in [0.717, 1.165) is 203 Å². The Hall–Kier alpha value is -16.1. The van der Waals surface area contributed by atoms with Gasteiger partial charge in [0.1, 0.15) is 0 Å². The minimum absolute atomic E-state index is 0. The Morgan fingerprint density at radius 1 is 0.238 bits per heavy atom. The number of aromatic nitrogens is 6. The summed E-state index contributed by atoms with van der Waals surface area (Å²) in [6, 6.07) is 118. The molecule has 0 saturated heterocycles. The Balaban J connectivity index is 0.000000187. The first-order valence-electron chi connectivity index (χ1n) is 50.6. The van der Waals surface area contributed by atoms with E-state index in [0.29, 0.717) is 23.3 Å². The SMILES string of the molecule is CCCCCCc1ccc(C2=N/C(=N\c3[n-]c(-c4ccc(CCCCCC)cc4)c(C#Cc4cccc5ncccc45)c3-c3ccccc3)C(c3ccccc3)=C2C#Cc2cccc3ncccc23)cc1.CCCCCCc1ccc(C2=N/C(=N\c3[n-]c(-c4ccc(CCCCCC)cc4)c(C#Cc4cccc5ncccc45)c3-c3ccccc3)C(c3ccccc3)=C2C#Cc2cccc3ncccc23)cc1.[Zn+2].